The van der Waals surface area contributed by atoms with Crippen molar-refractivity contribution in [2.24, 2.45) is 5.92 Å². The first-order chi connectivity index (χ1) is 10.0. The first-order valence-electron chi connectivity index (χ1n) is 7.87. The molecule has 0 bridgehead atoms. The van der Waals surface area contributed by atoms with Crippen molar-refractivity contribution in [1.82, 2.24) is 10.0 Å². The summed E-state index contributed by atoms with van der Waals surface area (Å²) in [6.45, 7) is 3.27. The zero-order valence-corrected chi connectivity index (χ0v) is 14.2. The van der Waals surface area contributed by atoms with Crippen LogP contribution in [-0.2, 0) is 16.6 Å². The summed E-state index contributed by atoms with van der Waals surface area (Å²) in [4.78, 5) is 2.47. The Labute approximate surface area is 131 Å². The van der Waals surface area contributed by atoms with Crippen LogP contribution in [0.5, 0.6) is 0 Å². The Hall–Kier alpha value is -0.430. The molecule has 2 fully saturated rings. The first kappa shape index (κ1) is 15.5. The van der Waals surface area contributed by atoms with Crippen LogP contribution >= 0.6 is 11.3 Å². The lowest BCUT2D eigenvalue weighted by atomic mass is 10.1. The molecule has 118 valence electrons. The summed E-state index contributed by atoms with van der Waals surface area (Å²) in [7, 11) is -3.35. The van der Waals surface area contributed by atoms with Crippen LogP contribution in [0.25, 0.3) is 0 Å². The van der Waals surface area contributed by atoms with E-state index >= 15 is 0 Å². The summed E-state index contributed by atoms with van der Waals surface area (Å²) in [5.74, 6) is 0.523. The minimum atomic E-state index is -3.35. The molecule has 1 aromatic heterocycles. The molecule has 6 heteroatoms. The van der Waals surface area contributed by atoms with Gasteiger partial charge in [0.15, 0.2) is 0 Å². The highest BCUT2D eigenvalue weighted by atomic mass is 32.2. The molecule has 0 amide bonds. The largest absolute Gasteiger partial charge is 0.309 e. The predicted octanol–water partition coefficient (Wildman–Crippen LogP) is 2.78. The maximum atomic E-state index is 12.4. The van der Waals surface area contributed by atoms with E-state index in [0.717, 1.165) is 29.1 Å². The molecule has 21 heavy (non-hydrogen) atoms. The Kier molecular flexibility index (Phi) is 4.69. The van der Waals surface area contributed by atoms with E-state index in [-0.39, 0.29) is 0 Å². The molecule has 0 spiro atoms. The van der Waals surface area contributed by atoms with Gasteiger partial charge in [0, 0.05) is 28.9 Å². The summed E-state index contributed by atoms with van der Waals surface area (Å²) in [6.07, 6.45) is 7.28. The monoisotopic (exact) mass is 328 g/mol. The lowest BCUT2D eigenvalue weighted by molar-refractivity contribution is 0.519. The first-order valence-corrected chi connectivity index (χ1v) is 10.2. The van der Waals surface area contributed by atoms with E-state index in [4.69, 9.17) is 0 Å². The van der Waals surface area contributed by atoms with E-state index in [9.17, 15) is 8.42 Å². The third-order valence-corrected chi connectivity index (χ3v) is 7.12. The third-order valence-electron chi connectivity index (χ3n) is 4.39. The predicted molar refractivity (Wildman–Crippen MR) is 86.1 cm³/mol. The SMILES string of the molecule is Cc1sc(CNC2CC2)cc1S(=O)(=O)NCC1CCCC1. The second-order valence-electron chi connectivity index (χ2n) is 6.29. The van der Waals surface area contributed by atoms with E-state index < -0.39 is 10.0 Å². The van der Waals surface area contributed by atoms with Crippen molar-refractivity contribution >= 4 is 21.4 Å². The van der Waals surface area contributed by atoms with E-state index in [1.54, 1.807) is 11.3 Å². The number of sulfonamides is 1. The van der Waals surface area contributed by atoms with Gasteiger partial charge in [-0.15, -0.1) is 11.3 Å². The van der Waals surface area contributed by atoms with Crippen molar-refractivity contribution in [3.8, 4) is 0 Å². The molecular weight excluding hydrogens is 304 g/mol. The molecule has 0 aliphatic heterocycles. The minimum Gasteiger partial charge on any atom is -0.309 e. The highest BCUT2D eigenvalue weighted by Crippen LogP contribution is 2.28. The zero-order valence-electron chi connectivity index (χ0n) is 12.5. The van der Waals surface area contributed by atoms with Gasteiger partial charge in [-0.2, -0.15) is 0 Å². The fourth-order valence-corrected chi connectivity index (χ4v) is 5.63. The number of thiophene rings is 1. The fraction of sp³-hybridized carbons (Fsp3) is 0.733. The number of aryl methyl sites for hydroxylation is 1. The number of rotatable bonds is 7. The van der Waals surface area contributed by atoms with Crippen LogP contribution < -0.4 is 10.0 Å². The van der Waals surface area contributed by atoms with Crippen molar-refractivity contribution in [2.45, 2.75) is 62.9 Å². The van der Waals surface area contributed by atoms with Crippen LogP contribution in [0, 0.1) is 12.8 Å². The van der Waals surface area contributed by atoms with Crippen LogP contribution in [-0.4, -0.2) is 21.0 Å². The lowest BCUT2D eigenvalue weighted by Crippen LogP contribution is -2.28. The van der Waals surface area contributed by atoms with Crippen LogP contribution in [0.2, 0.25) is 0 Å². The van der Waals surface area contributed by atoms with Gasteiger partial charge in [0.05, 0.1) is 4.90 Å². The molecule has 2 aliphatic carbocycles. The number of hydrogen-bond donors (Lipinski definition) is 2. The van der Waals surface area contributed by atoms with Crippen molar-refractivity contribution in [2.75, 3.05) is 6.54 Å². The minimum absolute atomic E-state index is 0.470. The summed E-state index contributed by atoms with van der Waals surface area (Å²) >= 11 is 1.59. The molecule has 2 N–H and O–H groups in total. The Balaban J connectivity index is 1.62. The third kappa shape index (κ3) is 4.06. The van der Waals surface area contributed by atoms with Gasteiger partial charge in [-0.1, -0.05) is 12.8 Å². The number of hydrogen-bond acceptors (Lipinski definition) is 4. The van der Waals surface area contributed by atoms with E-state index in [0.29, 0.717) is 23.4 Å². The average molecular weight is 329 g/mol. The Morgan fingerprint density at radius 3 is 2.62 bits per heavy atom. The molecule has 2 aliphatic rings. The fourth-order valence-electron chi connectivity index (χ4n) is 2.93. The topological polar surface area (TPSA) is 58.2 Å². The van der Waals surface area contributed by atoms with Crippen LogP contribution in [0.3, 0.4) is 0 Å². The van der Waals surface area contributed by atoms with Crippen LogP contribution in [0.15, 0.2) is 11.0 Å². The van der Waals surface area contributed by atoms with Crippen LogP contribution in [0.4, 0.5) is 0 Å². The van der Waals surface area contributed by atoms with Gasteiger partial charge in [0.25, 0.3) is 0 Å². The smallest absolute Gasteiger partial charge is 0.241 e. The molecular formula is C15H24N2O2S2. The quantitative estimate of drug-likeness (QED) is 0.809. The Morgan fingerprint density at radius 2 is 1.95 bits per heavy atom. The van der Waals surface area contributed by atoms with Crippen molar-refractivity contribution in [1.29, 1.82) is 0 Å². The molecule has 2 saturated carbocycles. The van der Waals surface area contributed by atoms with E-state index in [1.165, 1.54) is 25.7 Å². The second kappa shape index (κ2) is 6.36. The van der Waals surface area contributed by atoms with Gasteiger partial charge in [-0.3, -0.25) is 0 Å². The maximum Gasteiger partial charge on any atom is 0.241 e. The average Bonchev–Trinajstić information content (AvgIpc) is 2.97. The molecule has 0 unspecified atom stereocenters. The molecule has 0 saturated heterocycles. The zero-order chi connectivity index (χ0) is 14.9. The highest BCUT2D eigenvalue weighted by Gasteiger charge is 2.24. The molecule has 0 aromatic carbocycles. The van der Waals surface area contributed by atoms with Gasteiger partial charge < -0.3 is 5.32 Å². The van der Waals surface area contributed by atoms with Gasteiger partial charge in [-0.25, -0.2) is 13.1 Å². The van der Waals surface area contributed by atoms with Gasteiger partial charge in [-0.05, 0) is 44.6 Å². The lowest BCUT2D eigenvalue weighted by Gasteiger charge is -2.10. The molecule has 1 heterocycles. The summed E-state index contributed by atoms with van der Waals surface area (Å²) in [6, 6.07) is 2.49. The normalized spacial score (nSPS) is 20.2. The van der Waals surface area contributed by atoms with Crippen LogP contribution in [0.1, 0.15) is 48.3 Å². The molecule has 4 nitrogen and oxygen atoms in total. The highest BCUT2D eigenvalue weighted by molar-refractivity contribution is 7.89. The molecule has 3 rings (SSSR count). The van der Waals surface area contributed by atoms with Gasteiger partial charge >= 0.3 is 0 Å². The summed E-state index contributed by atoms with van der Waals surface area (Å²) < 4.78 is 27.7. The van der Waals surface area contributed by atoms with Crippen molar-refractivity contribution in [3.63, 3.8) is 0 Å². The van der Waals surface area contributed by atoms with Crippen molar-refractivity contribution < 1.29 is 8.42 Å². The van der Waals surface area contributed by atoms with E-state index in [2.05, 4.69) is 10.0 Å². The molecule has 0 radical (unpaired) electrons. The maximum absolute atomic E-state index is 12.4. The summed E-state index contributed by atoms with van der Waals surface area (Å²) in [5, 5.41) is 3.44. The second-order valence-corrected chi connectivity index (χ2v) is 9.37. The number of nitrogens with one attached hydrogen (secondary N) is 2. The molecule has 1 aromatic rings. The van der Waals surface area contributed by atoms with E-state index in [1.807, 2.05) is 13.0 Å². The Morgan fingerprint density at radius 1 is 1.24 bits per heavy atom. The van der Waals surface area contributed by atoms with Crippen molar-refractivity contribution in [3.05, 3.63) is 15.8 Å². The summed E-state index contributed by atoms with van der Waals surface area (Å²) in [5.41, 5.74) is 0. The Bertz CT molecular complexity index is 585. The standard InChI is InChI=1S/C15H24N2O2S2/c1-11-15(8-14(20-11)10-16-13-6-7-13)21(18,19)17-9-12-4-2-3-5-12/h8,12-13,16-17H,2-7,9-10H2,1H3. The molecule has 0 atom stereocenters. The van der Waals surface area contributed by atoms with Gasteiger partial charge in [0.1, 0.15) is 0 Å². The van der Waals surface area contributed by atoms with Gasteiger partial charge in [0.2, 0.25) is 10.0 Å².